The van der Waals surface area contributed by atoms with E-state index in [0.29, 0.717) is 0 Å². The average molecular weight is 273 g/mol. The molecule has 20 heavy (non-hydrogen) atoms. The van der Waals surface area contributed by atoms with Gasteiger partial charge in [-0.1, -0.05) is 39.0 Å². The van der Waals surface area contributed by atoms with E-state index < -0.39 is 0 Å². The van der Waals surface area contributed by atoms with Gasteiger partial charge in [-0.3, -0.25) is 5.10 Å². The van der Waals surface area contributed by atoms with E-state index in [1.54, 1.807) is 7.11 Å². The molecular weight excluding hydrogens is 250 g/mol. The zero-order chi connectivity index (χ0) is 14.6. The summed E-state index contributed by atoms with van der Waals surface area (Å²) in [6.45, 7) is 8.12. The third-order valence-corrected chi connectivity index (χ3v) is 3.29. The Morgan fingerprint density at radius 3 is 2.55 bits per heavy atom. The van der Waals surface area contributed by atoms with E-state index in [-0.39, 0.29) is 5.41 Å². The van der Waals surface area contributed by atoms with Crippen LogP contribution in [0.3, 0.4) is 0 Å². The zero-order valence-corrected chi connectivity index (χ0v) is 12.7. The second-order valence-corrected chi connectivity index (χ2v) is 5.94. The number of methoxy groups -OCH3 is 1. The van der Waals surface area contributed by atoms with Crippen LogP contribution in [0, 0.1) is 0 Å². The van der Waals surface area contributed by atoms with E-state index in [2.05, 4.69) is 42.4 Å². The summed E-state index contributed by atoms with van der Waals surface area (Å²) in [6, 6.07) is 8.06. The summed E-state index contributed by atoms with van der Waals surface area (Å²) in [5.74, 6) is 0.920. The third-order valence-electron chi connectivity index (χ3n) is 3.29. The molecule has 0 radical (unpaired) electrons. The zero-order valence-electron chi connectivity index (χ0n) is 12.7. The van der Waals surface area contributed by atoms with Crippen molar-refractivity contribution in [1.29, 1.82) is 0 Å². The topological polar surface area (TPSA) is 49.9 Å². The fraction of sp³-hybridized carbons (Fsp3) is 0.438. The van der Waals surface area contributed by atoms with Gasteiger partial charge in [0.05, 0.1) is 13.3 Å². The van der Waals surface area contributed by atoms with Crippen LogP contribution in [0.1, 0.15) is 37.6 Å². The van der Waals surface area contributed by atoms with Crippen molar-refractivity contribution >= 4 is 0 Å². The minimum Gasteiger partial charge on any atom is -0.496 e. The molecule has 0 saturated heterocycles. The second-order valence-electron chi connectivity index (χ2n) is 5.94. The predicted octanol–water partition coefficient (Wildman–Crippen LogP) is 3.01. The van der Waals surface area contributed by atoms with Crippen LogP contribution < -0.4 is 10.1 Å². The van der Waals surface area contributed by atoms with Gasteiger partial charge in [0.25, 0.3) is 0 Å². The maximum Gasteiger partial charge on any atom is 0.123 e. The molecule has 0 fully saturated rings. The van der Waals surface area contributed by atoms with E-state index in [9.17, 15) is 0 Å². The Bertz CT molecular complexity index is 555. The van der Waals surface area contributed by atoms with Gasteiger partial charge in [0.1, 0.15) is 5.75 Å². The lowest BCUT2D eigenvalue weighted by Gasteiger charge is -2.18. The quantitative estimate of drug-likeness (QED) is 0.880. The number of H-pyrrole nitrogens is 1. The summed E-state index contributed by atoms with van der Waals surface area (Å²) in [5, 5.41) is 10.7. The van der Waals surface area contributed by atoms with Crippen LogP contribution in [0.4, 0.5) is 0 Å². The van der Waals surface area contributed by atoms with E-state index in [1.165, 1.54) is 11.3 Å². The highest BCUT2D eigenvalue weighted by Crippen LogP contribution is 2.23. The number of benzene rings is 1. The number of aromatic amines is 1. The highest BCUT2D eigenvalue weighted by atomic mass is 16.5. The number of nitrogens with zero attached hydrogens (tertiary/aromatic N) is 1. The van der Waals surface area contributed by atoms with E-state index in [0.717, 1.165) is 24.4 Å². The van der Waals surface area contributed by atoms with Crippen molar-refractivity contribution < 1.29 is 4.74 Å². The van der Waals surface area contributed by atoms with Gasteiger partial charge in [0, 0.05) is 35.3 Å². The number of hydrogen-bond acceptors (Lipinski definition) is 3. The van der Waals surface area contributed by atoms with Gasteiger partial charge < -0.3 is 10.1 Å². The number of ether oxygens (including phenoxy) is 1. The van der Waals surface area contributed by atoms with Crippen molar-refractivity contribution in [3.63, 3.8) is 0 Å². The smallest absolute Gasteiger partial charge is 0.123 e. The Kier molecular flexibility index (Phi) is 4.45. The molecule has 108 valence electrons. The number of nitrogens with one attached hydrogen (secondary N) is 2. The molecule has 0 saturated carbocycles. The molecule has 0 bridgehead atoms. The Morgan fingerprint density at radius 2 is 1.85 bits per heavy atom. The van der Waals surface area contributed by atoms with Crippen LogP contribution in [0.15, 0.2) is 30.5 Å². The van der Waals surface area contributed by atoms with Crippen LogP contribution >= 0.6 is 0 Å². The first-order chi connectivity index (χ1) is 9.52. The van der Waals surface area contributed by atoms with Gasteiger partial charge in [0.2, 0.25) is 0 Å². The van der Waals surface area contributed by atoms with Gasteiger partial charge in [-0.2, -0.15) is 5.10 Å². The molecule has 0 aliphatic carbocycles. The van der Waals surface area contributed by atoms with Crippen LogP contribution in [-0.2, 0) is 18.5 Å². The Labute approximate surface area is 120 Å². The predicted molar refractivity (Wildman–Crippen MR) is 80.8 cm³/mol. The van der Waals surface area contributed by atoms with Gasteiger partial charge in [0.15, 0.2) is 0 Å². The summed E-state index contributed by atoms with van der Waals surface area (Å²) in [4.78, 5) is 0. The van der Waals surface area contributed by atoms with E-state index in [1.807, 2.05) is 24.4 Å². The molecule has 2 aromatic rings. The van der Waals surface area contributed by atoms with Gasteiger partial charge >= 0.3 is 0 Å². The molecule has 2 N–H and O–H groups in total. The summed E-state index contributed by atoms with van der Waals surface area (Å²) in [7, 11) is 1.70. The summed E-state index contributed by atoms with van der Waals surface area (Å²) < 4.78 is 5.35. The van der Waals surface area contributed by atoms with Crippen molar-refractivity contribution in [2.75, 3.05) is 7.11 Å². The first-order valence-electron chi connectivity index (χ1n) is 6.87. The van der Waals surface area contributed by atoms with Gasteiger partial charge in [-0.25, -0.2) is 0 Å². The normalized spacial score (nSPS) is 11.6. The van der Waals surface area contributed by atoms with Crippen LogP contribution in [0.5, 0.6) is 5.75 Å². The van der Waals surface area contributed by atoms with Crippen molar-refractivity contribution in [2.45, 2.75) is 39.3 Å². The summed E-state index contributed by atoms with van der Waals surface area (Å²) >= 11 is 0. The molecule has 0 spiro atoms. The molecule has 1 aromatic heterocycles. The molecule has 0 atom stereocenters. The van der Waals surface area contributed by atoms with E-state index >= 15 is 0 Å². The fourth-order valence-corrected chi connectivity index (χ4v) is 2.28. The molecule has 0 aliphatic rings. The minimum atomic E-state index is 0.0813. The highest BCUT2D eigenvalue weighted by Gasteiger charge is 2.19. The number of hydrogen-bond donors (Lipinski definition) is 2. The standard InChI is InChI=1S/C16H23N3O/c1-16(2,3)15-13(11-18-19-15)10-17-9-12-7-5-6-8-14(12)20-4/h5-8,11,17H,9-10H2,1-4H3,(H,18,19). The average Bonchev–Trinajstić information content (AvgIpc) is 2.88. The Balaban J connectivity index is 1.99. The lowest BCUT2D eigenvalue weighted by atomic mass is 9.89. The summed E-state index contributed by atoms with van der Waals surface area (Å²) in [6.07, 6.45) is 1.90. The van der Waals surface area contributed by atoms with Crippen molar-refractivity contribution in [3.05, 3.63) is 47.3 Å². The lowest BCUT2D eigenvalue weighted by Crippen LogP contribution is -2.19. The first-order valence-corrected chi connectivity index (χ1v) is 6.87. The van der Waals surface area contributed by atoms with Gasteiger partial charge in [-0.15, -0.1) is 0 Å². The van der Waals surface area contributed by atoms with Crippen LogP contribution in [-0.4, -0.2) is 17.3 Å². The highest BCUT2D eigenvalue weighted by molar-refractivity contribution is 5.33. The maximum atomic E-state index is 5.35. The van der Waals surface area contributed by atoms with Crippen molar-refractivity contribution in [1.82, 2.24) is 15.5 Å². The number of aromatic nitrogens is 2. The van der Waals surface area contributed by atoms with Crippen molar-refractivity contribution in [3.8, 4) is 5.75 Å². The monoisotopic (exact) mass is 273 g/mol. The fourth-order valence-electron chi connectivity index (χ4n) is 2.28. The summed E-state index contributed by atoms with van der Waals surface area (Å²) in [5.41, 5.74) is 3.64. The molecule has 0 unspecified atom stereocenters. The van der Waals surface area contributed by atoms with Gasteiger partial charge in [-0.05, 0) is 6.07 Å². The molecule has 1 heterocycles. The minimum absolute atomic E-state index is 0.0813. The Morgan fingerprint density at radius 1 is 1.15 bits per heavy atom. The van der Waals surface area contributed by atoms with E-state index in [4.69, 9.17) is 4.74 Å². The maximum absolute atomic E-state index is 5.35. The SMILES string of the molecule is COc1ccccc1CNCc1cn[nH]c1C(C)(C)C. The largest absolute Gasteiger partial charge is 0.496 e. The third kappa shape index (κ3) is 3.39. The molecular formula is C16H23N3O. The van der Waals surface area contributed by atoms with Crippen LogP contribution in [0.25, 0.3) is 0 Å². The molecule has 2 rings (SSSR count). The van der Waals surface area contributed by atoms with Crippen molar-refractivity contribution in [2.24, 2.45) is 0 Å². The number of rotatable bonds is 5. The molecule has 0 aliphatic heterocycles. The Hall–Kier alpha value is -1.81. The molecule has 4 nitrogen and oxygen atoms in total. The first kappa shape index (κ1) is 14.6. The lowest BCUT2D eigenvalue weighted by molar-refractivity contribution is 0.407. The molecule has 1 aromatic carbocycles. The number of para-hydroxylation sites is 1. The van der Waals surface area contributed by atoms with Crippen LogP contribution in [0.2, 0.25) is 0 Å². The molecule has 4 heteroatoms. The second kappa shape index (κ2) is 6.09. The molecule has 0 amide bonds.